The van der Waals surface area contributed by atoms with Crippen LogP contribution in [-0.4, -0.2) is 48.9 Å². The van der Waals surface area contributed by atoms with E-state index in [1.807, 2.05) is 0 Å². The standard InChI is InChI=1S/Ba.Ce.Ni.7O.Y.Zr/q+2;+3;+2;7*-2;+3;+4. The maximum Gasteiger partial charge on any atom is 4.00 e. The summed E-state index contributed by atoms with van der Waals surface area (Å²) in [5.41, 5.74) is 0. The van der Waals surface area contributed by atoms with Crippen LogP contribution in [-0.2, 0) is 114 Å². The molecule has 12 heteroatoms. The van der Waals surface area contributed by atoms with Gasteiger partial charge in [-0.1, -0.05) is 0 Å². The topological polar surface area (TPSA) is 200 Å². The fourth-order valence-electron chi connectivity index (χ4n) is 0. The van der Waals surface area contributed by atoms with Crippen molar-refractivity contribution in [3.63, 3.8) is 0 Å². The van der Waals surface area contributed by atoms with Gasteiger partial charge in [0.05, 0.1) is 0 Å². The summed E-state index contributed by atoms with van der Waals surface area (Å²) in [5.74, 6) is 0. The summed E-state index contributed by atoms with van der Waals surface area (Å²) >= 11 is 0. The van der Waals surface area contributed by atoms with E-state index in [9.17, 15) is 0 Å². The van der Waals surface area contributed by atoms with Gasteiger partial charge >= 0.3 is 166 Å². The van der Waals surface area contributed by atoms with Crippen LogP contribution in [0.3, 0.4) is 0 Å². The number of rotatable bonds is 0. The molecule has 0 unspecified atom stereocenters. The largest absolute Gasteiger partial charge is 4.00 e. The van der Waals surface area contributed by atoms with Gasteiger partial charge < -0.3 is 38.3 Å². The molecule has 0 aliphatic heterocycles. The fraction of sp³-hybridized carbons (Fsp3) is 0. The van der Waals surface area contributed by atoms with Gasteiger partial charge in [-0.05, 0) is 0 Å². The van der Waals surface area contributed by atoms with Gasteiger partial charge in [0.25, 0.3) is 0 Å². The van der Waals surface area contributed by atoms with E-state index in [-0.39, 0.29) is 204 Å². The average Bonchev–Trinajstić information content (AvgIpc) is 0. The summed E-state index contributed by atoms with van der Waals surface area (Å²) in [4.78, 5) is 0. The quantitative estimate of drug-likeness (QED) is 0.290. The second-order valence-corrected chi connectivity index (χ2v) is 0. The summed E-state index contributed by atoms with van der Waals surface area (Å²) in [7, 11) is 0. The molecular weight excluding hydrogens is 628 g/mol. The predicted molar refractivity (Wildman–Crippen MR) is 10.6 cm³/mol. The third kappa shape index (κ3) is 114. The molecule has 0 saturated carbocycles. The van der Waals surface area contributed by atoms with Crippen LogP contribution in [0.5, 0.6) is 0 Å². The first kappa shape index (κ1) is 169. The summed E-state index contributed by atoms with van der Waals surface area (Å²) in [6, 6.07) is 0. The third-order valence-electron chi connectivity index (χ3n) is 0. The number of hydrogen-bond acceptors (Lipinski definition) is 0. The van der Waals surface area contributed by atoms with Crippen molar-refractivity contribution in [3.8, 4) is 0 Å². The zero-order valence-electron chi connectivity index (χ0n) is 5.46. The molecule has 0 atom stereocenters. The molecule has 0 aromatic carbocycles. The molecule has 0 heterocycles. The minimum Gasteiger partial charge on any atom is -2.00 e. The van der Waals surface area contributed by atoms with Crippen LogP contribution in [0, 0.1) is 41.7 Å². The Bertz CT molecular complexity index is 23.4. The van der Waals surface area contributed by atoms with Crippen LogP contribution in [0.4, 0.5) is 0 Å². The fourth-order valence-corrected chi connectivity index (χ4v) is 0. The SMILES string of the molecule is [Ba+2].[Ce+3].[Ni+2].[O-2].[O-2].[O-2].[O-2].[O-2].[O-2].[O-2].[Y+3].[Zr+4]. The van der Waals surface area contributed by atoms with Crippen molar-refractivity contribution < 1.29 is 155 Å². The van der Waals surface area contributed by atoms with Crippen LogP contribution in [0.1, 0.15) is 0 Å². The molecule has 0 aromatic rings. The van der Waals surface area contributed by atoms with Crippen LogP contribution < -0.4 is 0 Å². The van der Waals surface area contributed by atoms with E-state index in [2.05, 4.69) is 0 Å². The summed E-state index contributed by atoms with van der Waals surface area (Å²) in [5, 5.41) is 0. The molecule has 0 aliphatic rings. The van der Waals surface area contributed by atoms with E-state index in [1.54, 1.807) is 0 Å². The van der Waals surface area contributed by atoms with Gasteiger partial charge in [0, 0.05) is 0 Å². The average molecular weight is 628 g/mol. The Labute approximate surface area is 199 Å². The minimum absolute atomic E-state index is 0. The normalized spacial score (nSPS) is 0. The molecule has 0 rings (SSSR count). The van der Waals surface area contributed by atoms with Gasteiger partial charge in [-0.2, -0.15) is 0 Å². The zero-order chi connectivity index (χ0) is 0. The van der Waals surface area contributed by atoms with Gasteiger partial charge in [0.2, 0.25) is 0 Å². The Morgan fingerprint density at radius 3 is 0.500 bits per heavy atom. The van der Waals surface area contributed by atoms with Crippen molar-refractivity contribution in [2.24, 2.45) is 0 Å². The maximum absolute atomic E-state index is 0. The van der Waals surface area contributed by atoms with Crippen molar-refractivity contribution in [1.29, 1.82) is 0 Å². The first-order chi connectivity index (χ1) is 0. The second kappa shape index (κ2) is 140. The van der Waals surface area contributed by atoms with Crippen molar-refractivity contribution in [2.45, 2.75) is 0 Å². The molecule has 0 bridgehead atoms. The van der Waals surface area contributed by atoms with Crippen molar-refractivity contribution in [3.05, 3.63) is 0 Å². The van der Waals surface area contributed by atoms with Crippen molar-refractivity contribution in [2.75, 3.05) is 0 Å². The summed E-state index contributed by atoms with van der Waals surface area (Å²) in [6.45, 7) is 0. The maximum atomic E-state index is 0. The molecule has 0 saturated heterocycles. The molecule has 7 nitrogen and oxygen atoms in total. The van der Waals surface area contributed by atoms with Gasteiger partial charge in [-0.15, -0.1) is 0 Å². The van der Waals surface area contributed by atoms with Gasteiger partial charge in [-0.25, -0.2) is 0 Å². The molecular formula is BaCeNiO7YZr. The minimum atomic E-state index is 0. The molecule has 65 valence electrons. The Morgan fingerprint density at radius 2 is 0.500 bits per heavy atom. The van der Waals surface area contributed by atoms with Gasteiger partial charge in [-0.3, -0.25) is 0 Å². The van der Waals surface area contributed by atoms with Crippen LogP contribution >= 0.6 is 0 Å². The number of hydrogen-bond donors (Lipinski definition) is 0. The summed E-state index contributed by atoms with van der Waals surface area (Å²) in [6.07, 6.45) is 0. The Morgan fingerprint density at radius 1 is 0.500 bits per heavy atom. The molecule has 12 heavy (non-hydrogen) atoms. The van der Waals surface area contributed by atoms with Crippen LogP contribution in [0.15, 0.2) is 0 Å². The third-order valence-corrected chi connectivity index (χ3v) is 0. The molecule has 0 fully saturated rings. The Kier molecular flexibility index (Phi) is 1970. The molecule has 0 aromatic heterocycles. The second-order valence-electron chi connectivity index (χ2n) is 0. The first-order valence-electron chi connectivity index (χ1n) is 0. The van der Waals surface area contributed by atoms with E-state index >= 15 is 0 Å². The van der Waals surface area contributed by atoms with Crippen molar-refractivity contribution >= 4 is 48.9 Å². The van der Waals surface area contributed by atoms with E-state index < -0.39 is 0 Å². The van der Waals surface area contributed by atoms with E-state index in [4.69, 9.17) is 0 Å². The Hall–Kier alpha value is 5.15. The zero-order valence-corrected chi connectivity index (χ0v) is 19.3. The molecule has 0 aliphatic carbocycles. The van der Waals surface area contributed by atoms with E-state index in [0.717, 1.165) is 0 Å². The van der Waals surface area contributed by atoms with Crippen molar-refractivity contribution in [1.82, 2.24) is 0 Å². The van der Waals surface area contributed by atoms with E-state index in [0.29, 0.717) is 0 Å². The molecule has 1 radical (unpaired) electrons. The first-order valence-corrected chi connectivity index (χ1v) is 0. The smallest absolute Gasteiger partial charge is 2.00 e. The Balaban J connectivity index is 0. The van der Waals surface area contributed by atoms with Gasteiger partial charge in [0.1, 0.15) is 0 Å². The predicted octanol–water partition coefficient (Wildman–Crippen LogP) is -1.22. The summed E-state index contributed by atoms with van der Waals surface area (Å²) < 4.78 is 0. The monoisotopic (exact) mass is 627 g/mol. The van der Waals surface area contributed by atoms with Crippen LogP contribution in [0.2, 0.25) is 0 Å². The molecule has 0 amide bonds. The van der Waals surface area contributed by atoms with Crippen LogP contribution in [0.25, 0.3) is 0 Å². The molecule has 0 N–H and O–H groups in total. The van der Waals surface area contributed by atoms with E-state index in [1.165, 1.54) is 0 Å². The molecule has 0 spiro atoms. The van der Waals surface area contributed by atoms with Gasteiger partial charge in [0.15, 0.2) is 0 Å².